The lowest BCUT2D eigenvalue weighted by atomic mass is 10.1. The van der Waals surface area contributed by atoms with Crippen LogP contribution < -0.4 is 10.6 Å². The van der Waals surface area contributed by atoms with Crippen molar-refractivity contribution in [1.82, 2.24) is 10.6 Å². The second-order valence-electron chi connectivity index (χ2n) is 3.56. The first-order valence-electron chi connectivity index (χ1n) is 5.36. The van der Waals surface area contributed by atoms with Crippen LogP contribution in [0.25, 0.3) is 0 Å². The van der Waals surface area contributed by atoms with E-state index < -0.39 is 17.9 Å². The summed E-state index contributed by atoms with van der Waals surface area (Å²) in [6, 6.07) is 7.45. The predicted molar refractivity (Wildman–Crippen MR) is 66.7 cm³/mol. The van der Waals surface area contributed by atoms with Gasteiger partial charge in [0.25, 0.3) is 0 Å². The van der Waals surface area contributed by atoms with Gasteiger partial charge in [-0.1, -0.05) is 36.3 Å². The molecular weight excluding hydrogens is 232 g/mol. The van der Waals surface area contributed by atoms with Gasteiger partial charge in [0.2, 0.25) is 5.91 Å². The zero-order valence-electron chi connectivity index (χ0n) is 9.72. The number of hydrogen-bond donors (Lipinski definition) is 3. The summed E-state index contributed by atoms with van der Waals surface area (Å²) < 4.78 is 0. The molecule has 0 aromatic heterocycles. The number of carbonyl (C=O) groups excluding carboxylic acids is 1. The van der Waals surface area contributed by atoms with Crippen molar-refractivity contribution in [3.63, 3.8) is 0 Å². The Morgan fingerprint density at radius 2 is 2.00 bits per heavy atom. The second-order valence-corrected chi connectivity index (χ2v) is 3.56. The number of carboxylic acids is 1. The highest BCUT2D eigenvalue weighted by Crippen LogP contribution is 2.12. The first-order valence-corrected chi connectivity index (χ1v) is 5.36. The third kappa shape index (κ3) is 4.28. The molecule has 0 bridgehead atoms. The van der Waals surface area contributed by atoms with Crippen molar-refractivity contribution in [2.45, 2.75) is 6.04 Å². The zero-order chi connectivity index (χ0) is 13.4. The standard InChI is InChI=1S/C13H14N2O3/c1-2-8-14-9-11(16)15-12(13(17)18)10-6-4-3-5-7-10/h1,3-7,12,14H,8-9H2,(H,15,16)(H,17,18)/t12-/m0/s1. The lowest BCUT2D eigenvalue weighted by Crippen LogP contribution is -2.39. The van der Waals surface area contributed by atoms with Crippen molar-refractivity contribution < 1.29 is 14.7 Å². The summed E-state index contributed by atoms with van der Waals surface area (Å²) in [6.45, 7) is 0.247. The first kappa shape index (κ1) is 13.7. The van der Waals surface area contributed by atoms with Crippen molar-refractivity contribution in [1.29, 1.82) is 0 Å². The molecule has 1 rings (SSSR count). The number of amides is 1. The van der Waals surface area contributed by atoms with Gasteiger partial charge in [-0.25, -0.2) is 4.79 Å². The smallest absolute Gasteiger partial charge is 0.330 e. The fraction of sp³-hybridized carbons (Fsp3) is 0.231. The SMILES string of the molecule is C#CCNCC(=O)N[C@H](C(=O)O)c1ccccc1. The van der Waals surface area contributed by atoms with Crippen molar-refractivity contribution in [3.8, 4) is 12.3 Å². The molecule has 0 spiro atoms. The van der Waals surface area contributed by atoms with Crippen LogP contribution >= 0.6 is 0 Å². The molecule has 18 heavy (non-hydrogen) atoms. The van der Waals surface area contributed by atoms with E-state index in [0.29, 0.717) is 5.56 Å². The minimum absolute atomic E-state index is 0.0131. The summed E-state index contributed by atoms with van der Waals surface area (Å²) in [6.07, 6.45) is 5.02. The Bertz CT molecular complexity index is 451. The molecule has 0 saturated heterocycles. The minimum atomic E-state index is -1.11. The lowest BCUT2D eigenvalue weighted by Gasteiger charge is -2.14. The van der Waals surface area contributed by atoms with Gasteiger partial charge in [0.05, 0.1) is 13.1 Å². The highest BCUT2D eigenvalue weighted by atomic mass is 16.4. The molecule has 0 aliphatic heterocycles. The Labute approximate surface area is 105 Å². The number of hydrogen-bond acceptors (Lipinski definition) is 3. The monoisotopic (exact) mass is 246 g/mol. The van der Waals surface area contributed by atoms with Crippen LogP contribution in [0.5, 0.6) is 0 Å². The Kier molecular flexibility index (Phi) is 5.42. The fourth-order valence-electron chi connectivity index (χ4n) is 1.39. The number of aliphatic carboxylic acids is 1. The quantitative estimate of drug-likeness (QED) is 0.493. The van der Waals surface area contributed by atoms with Gasteiger partial charge in [-0.2, -0.15) is 0 Å². The molecule has 0 aliphatic rings. The zero-order valence-corrected chi connectivity index (χ0v) is 9.72. The van der Waals surface area contributed by atoms with Crippen LogP contribution in [0.1, 0.15) is 11.6 Å². The molecule has 0 saturated carbocycles. The molecular formula is C13H14N2O3. The maximum Gasteiger partial charge on any atom is 0.330 e. The summed E-state index contributed by atoms with van der Waals surface area (Å²) in [4.78, 5) is 22.6. The molecule has 5 heteroatoms. The van der Waals surface area contributed by atoms with Crippen LogP contribution in [0.15, 0.2) is 30.3 Å². The fourth-order valence-corrected chi connectivity index (χ4v) is 1.39. The van der Waals surface area contributed by atoms with E-state index >= 15 is 0 Å². The largest absolute Gasteiger partial charge is 0.479 e. The lowest BCUT2D eigenvalue weighted by molar-refractivity contribution is -0.141. The normalized spacial score (nSPS) is 11.3. The van der Waals surface area contributed by atoms with E-state index in [1.165, 1.54) is 0 Å². The van der Waals surface area contributed by atoms with Crippen molar-refractivity contribution in [2.75, 3.05) is 13.1 Å². The van der Waals surface area contributed by atoms with Crippen LogP contribution in [0.2, 0.25) is 0 Å². The van der Waals surface area contributed by atoms with Gasteiger partial charge in [0.15, 0.2) is 6.04 Å². The topological polar surface area (TPSA) is 78.4 Å². The predicted octanol–water partition coefficient (Wildman–Crippen LogP) is 0.151. The van der Waals surface area contributed by atoms with E-state index in [0.717, 1.165) is 0 Å². The second kappa shape index (κ2) is 7.09. The molecule has 1 atom stereocenters. The molecule has 94 valence electrons. The number of nitrogens with one attached hydrogen (secondary N) is 2. The van der Waals surface area contributed by atoms with E-state index in [2.05, 4.69) is 16.6 Å². The molecule has 1 amide bonds. The summed E-state index contributed by atoms with van der Waals surface area (Å²) >= 11 is 0. The molecule has 0 unspecified atom stereocenters. The Hall–Kier alpha value is -2.32. The van der Waals surface area contributed by atoms with Gasteiger partial charge in [0.1, 0.15) is 0 Å². The van der Waals surface area contributed by atoms with Gasteiger partial charge >= 0.3 is 5.97 Å². The minimum Gasteiger partial charge on any atom is -0.479 e. The molecule has 5 nitrogen and oxygen atoms in total. The highest BCUT2D eigenvalue weighted by molar-refractivity contribution is 5.85. The molecule has 0 heterocycles. The molecule has 1 aromatic rings. The van der Waals surface area contributed by atoms with Gasteiger partial charge < -0.3 is 10.4 Å². The molecule has 3 N–H and O–H groups in total. The van der Waals surface area contributed by atoms with Gasteiger partial charge in [-0.15, -0.1) is 6.42 Å². The maximum absolute atomic E-state index is 11.5. The van der Waals surface area contributed by atoms with Crippen molar-refractivity contribution >= 4 is 11.9 Å². The number of benzene rings is 1. The highest BCUT2D eigenvalue weighted by Gasteiger charge is 2.21. The summed E-state index contributed by atoms with van der Waals surface area (Å²) in [5.74, 6) is 0.803. The average Bonchev–Trinajstić information content (AvgIpc) is 2.37. The van der Waals surface area contributed by atoms with Crippen LogP contribution in [0.4, 0.5) is 0 Å². The van der Waals surface area contributed by atoms with E-state index in [9.17, 15) is 9.59 Å². The summed E-state index contributed by atoms with van der Waals surface area (Å²) in [7, 11) is 0. The van der Waals surface area contributed by atoms with Crippen LogP contribution in [0, 0.1) is 12.3 Å². The maximum atomic E-state index is 11.5. The Morgan fingerprint density at radius 3 is 2.56 bits per heavy atom. The Morgan fingerprint density at radius 1 is 1.33 bits per heavy atom. The molecule has 0 fully saturated rings. The van der Waals surface area contributed by atoms with E-state index in [1.54, 1.807) is 30.3 Å². The van der Waals surface area contributed by atoms with E-state index in [1.807, 2.05) is 0 Å². The number of carbonyl (C=O) groups is 2. The van der Waals surface area contributed by atoms with Gasteiger partial charge in [-0.3, -0.25) is 10.1 Å². The third-order valence-corrected chi connectivity index (χ3v) is 2.20. The van der Waals surface area contributed by atoms with Crippen LogP contribution in [-0.2, 0) is 9.59 Å². The molecule has 0 aliphatic carbocycles. The Balaban J connectivity index is 2.63. The third-order valence-electron chi connectivity index (χ3n) is 2.20. The van der Waals surface area contributed by atoms with Crippen molar-refractivity contribution in [3.05, 3.63) is 35.9 Å². The van der Waals surface area contributed by atoms with Gasteiger partial charge in [-0.05, 0) is 5.56 Å². The van der Waals surface area contributed by atoms with Crippen LogP contribution in [-0.4, -0.2) is 30.1 Å². The molecule has 0 radical (unpaired) electrons. The van der Waals surface area contributed by atoms with Gasteiger partial charge in [0, 0.05) is 0 Å². The molecule has 1 aromatic carbocycles. The van der Waals surface area contributed by atoms with Crippen LogP contribution in [0.3, 0.4) is 0 Å². The summed E-state index contributed by atoms with van der Waals surface area (Å²) in [5.41, 5.74) is 0.523. The van der Waals surface area contributed by atoms with E-state index in [-0.39, 0.29) is 13.1 Å². The first-order chi connectivity index (χ1) is 8.65. The average molecular weight is 246 g/mol. The number of rotatable bonds is 6. The summed E-state index contributed by atoms with van der Waals surface area (Å²) in [5, 5.41) is 14.2. The van der Waals surface area contributed by atoms with E-state index in [4.69, 9.17) is 11.5 Å². The number of terminal acetylenes is 1. The van der Waals surface area contributed by atoms with Crippen molar-refractivity contribution in [2.24, 2.45) is 0 Å². The number of carboxylic acid groups (broad SMARTS) is 1.